The Bertz CT molecular complexity index is 565. The molecule has 88 valence electrons. The van der Waals surface area contributed by atoms with E-state index in [4.69, 9.17) is 16.3 Å². The van der Waals surface area contributed by atoms with Gasteiger partial charge in [0.05, 0.1) is 21.3 Å². The molecule has 1 aromatic heterocycles. The summed E-state index contributed by atoms with van der Waals surface area (Å²) in [5, 5.41) is 0.518. The van der Waals surface area contributed by atoms with E-state index in [-0.39, 0.29) is 5.78 Å². The third-order valence-electron chi connectivity index (χ3n) is 2.20. The number of halogens is 2. The minimum absolute atomic E-state index is 0.0833. The van der Waals surface area contributed by atoms with Gasteiger partial charge in [-0.2, -0.15) is 0 Å². The highest BCUT2D eigenvalue weighted by Gasteiger charge is 2.16. The molecule has 0 aliphatic carbocycles. The third kappa shape index (κ3) is 2.70. The molecule has 0 spiro atoms. The molecule has 0 aliphatic heterocycles. The molecule has 0 saturated carbocycles. The van der Waals surface area contributed by atoms with Crippen molar-refractivity contribution in [2.24, 2.45) is 0 Å². The normalized spacial score (nSPS) is 10.3. The molecule has 1 aromatic carbocycles. The lowest BCUT2D eigenvalue weighted by atomic mass is 10.1. The van der Waals surface area contributed by atoms with E-state index in [9.17, 15) is 4.79 Å². The number of thiophene rings is 1. The van der Waals surface area contributed by atoms with Crippen molar-refractivity contribution in [1.82, 2.24) is 0 Å². The highest BCUT2D eigenvalue weighted by atomic mass is 79.9. The quantitative estimate of drug-likeness (QED) is 0.779. The highest BCUT2D eigenvalue weighted by molar-refractivity contribution is 9.11. The number of methoxy groups -OCH3 is 1. The average Bonchev–Trinajstić information content (AvgIpc) is 2.75. The van der Waals surface area contributed by atoms with E-state index in [0.29, 0.717) is 21.2 Å². The molecule has 2 nitrogen and oxygen atoms in total. The van der Waals surface area contributed by atoms with Crippen LogP contribution in [0.5, 0.6) is 5.75 Å². The number of rotatable bonds is 3. The van der Waals surface area contributed by atoms with Crippen LogP contribution in [0.3, 0.4) is 0 Å². The summed E-state index contributed by atoms with van der Waals surface area (Å²) in [6.45, 7) is 0. The molecule has 0 fully saturated rings. The SMILES string of the molecule is COc1ccc(Cl)cc1C(=O)c1ccc(Br)s1. The van der Waals surface area contributed by atoms with Gasteiger partial charge < -0.3 is 4.74 Å². The first-order valence-electron chi connectivity index (χ1n) is 4.75. The topological polar surface area (TPSA) is 26.3 Å². The van der Waals surface area contributed by atoms with Crippen molar-refractivity contribution in [1.29, 1.82) is 0 Å². The Balaban J connectivity index is 2.46. The van der Waals surface area contributed by atoms with Crippen molar-refractivity contribution < 1.29 is 9.53 Å². The van der Waals surface area contributed by atoms with Gasteiger partial charge in [0.25, 0.3) is 0 Å². The van der Waals surface area contributed by atoms with E-state index in [1.165, 1.54) is 18.4 Å². The van der Waals surface area contributed by atoms with Crippen LogP contribution in [-0.2, 0) is 0 Å². The fraction of sp³-hybridized carbons (Fsp3) is 0.0833. The number of benzene rings is 1. The number of carbonyl (C=O) groups is 1. The second-order valence-corrected chi connectivity index (χ2v) is 6.18. The summed E-state index contributed by atoms with van der Waals surface area (Å²) in [6.07, 6.45) is 0. The fourth-order valence-corrected chi connectivity index (χ4v) is 2.94. The van der Waals surface area contributed by atoms with Crippen LogP contribution in [0.1, 0.15) is 15.2 Å². The molecule has 0 radical (unpaired) electrons. The first-order chi connectivity index (χ1) is 8.11. The Morgan fingerprint density at radius 3 is 2.71 bits per heavy atom. The summed E-state index contributed by atoms with van der Waals surface area (Å²) in [5.74, 6) is 0.448. The summed E-state index contributed by atoms with van der Waals surface area (Å²) >= 11 is 10.6. The monoisotopic (exact) mass is 330 g/mol. The lowest BCUT2D eigenvalue weighted by Gasteiger charge is -2.06. The Labute approximate surface area is 116 Å². The minimum atomic E-state index is -0.0833. The predicted molar refractivity (Wildman–Crippen MR) is 73.5 cm³/mol. The van der Waals surface area contributed by atoms with Gasteiger partial charge in [-0.05, 0) is 46.3 Å². The lowest BCUT2D eigenvalue weighted by molar-refractivity contribution is 0.103. The van der Waals surface area contributed by atoms with Crippen LogP contribution in [0.2, 0.25) is 5.02 Å². The molecular weight excluding hydrogens is 324 g/mol. The van der Waals surface area contributed by atoms with E-state index in [1.807, 2.05) is 6.07 Å². The average molecular weight is 332 g/mol. The zero-order valence-electron chi connectivity index (χ0n) is 8.87. The summed E-state index contributed by atoms with van der Waals surface area (Å²) in [4.78, 5) is 12.9. The van der Waals surface area contributed by atoms with Crippen LogP contribution in [0.4, 0.5) is 0 Å². The van der Waals surface area contributed by atoms with E-state index in [0.717, 1.165) is 3.79 Å². The van der Waals surface area contributed by atoms with Crippen molar-refractivity contribution in [3.8, 4) is 5.75 Å². The van der Waals surface area contributed by atoms with Gasteiger partial charge in [0.1, 0.15) is 5.75 Å². The summed E-state index contributed by atoms with van der Waals surface area (Å²) in [6, 6.07) is 8.63. The van der Waals surface area contributed by atoms with E-state index < -0.39 is 0 Å². The zero-order valence-corrected chi connectivity index (χ0v) is 12.0. The number of carbonyl (C=O) groups excluding carboxylic acids is 1. The Kier molecular flexibility index (Phi) is 3.86. The van der Waals surface area contributed by atoms with Crippen LogP contribution in [0.25, 0.3) is 0 Å². The maximum atomic E-state index is 12.2. The van der Waals surface area contributed by atoms with Gasteiger partial charge in [0.2, 0.25) is 5.78 Å². The maximum Gasteiger partial charge on any atom is 0.206 e. The Morgan fingerprint density at radius 1 is 1.35 bits per heavy atom. The highest BCUT2D eigenvalue weighted by Crippen LogP contribution is 2.29. The van der Waals surface area contributed by atoms with E-state index in [2.05, 4.69) is 15.9 Å². The molecule has 0 bridgehead atoms. The zero-order chi connectivity index (χ0) is 12.4. The van der Waals surface area contributed by atoms with Gasteiger partial charge in [-0.25, -0.2) is 0 Å². The number of ether oxygens (including phenoxy) is 1. The number of hydrogen-bond donors (Lipinski definition) is 0. The predicted octanol–water partition coefficient (Wildman–Crippen LogP) is 4.40. The molecule has 1 heterocycles. The molecule has 0 saturated heterocycles. The summed E-state index contributed by atoms with van der Waals surface area (Å²) in [7, 11) is 1.53. The van der Waals surface area contributed by atoms with Gasteiger partial charge in [-0.15, -0.1) is 11.3 Å². The van der Waals surface area contributed by atoms with Crippen molar-refractivity contribution in [3.63, 3.8) is 0 Å². The van der Waals surface area contributed by atoms with Gasteiger partial charge >= 0.3 is 0 Å². The standard InChI is InChI=1S/C12H8BrClO2S/c1-16-9-3-2-7(14)6-8(9)12(15)10-4-5-11(13)17-10/h2-6H,1H3. The second-order valence-electron chi connectivity index (χ2n) is 3.28. The van der Waals surface area contributed by atoms with Crippen LogP contribution >= 0.6 is 38.9 Å². The van der Waals surface area contributed by atoms with Crippen LogP contribution in [-0.4, -0.2) is 12.9 Å². The van der Waals surface area contributed by atoms with E-state index in [1.54, 1.807) is 24.3 Å². The smallest absolute Gasteiger partial charge is 0.206 e. The van der Waals surface area contributed by atoms with Crippen LogP contribution < -0.4 is 4.74 Å². The molecule has 0 atom stereocenters. The Hall–Kier alpha value is -0.840. The summed E-state index contributed by atoms with van der Waals surface area (Å²) < 4.78 is 6.08. The molecule has 0 unspecified atom stereocenters. The first kappa shape index (κ1) is 12.6. The fourth-order valence-electron chi connectivity index (χ4n) is 1.43. The molecule has 2 rings (SSSR count). The van der Waals surface area contributed by atoms with Crippen LogP contribution in [0.15, 0.2) is 34.1 Å². The van der Waals surface area contributed by atoms with Crippen molar-refractivity contribution in [2.45, 2.75) is 0 Å². The molecular formula is C12H8BrClO2S. The summed E-state index contributed by atoms with van der Waals surface area (Å²) in [5.41, 5.74) is 0.481. The lowest BCUT2D eigenvalue weighted by Crippen LogP contribution is -2.01. The molecule has 2 aromatic rings. The number of hydrogen-bond acceptors (Lipinski definition) is 3. The largest absolute Gasteiger partial charge is 0.496 e. The van der Waals surface area contributed by atoms with Crippen molar-refractivity contribution >= 4 is 44.7 Å². The van der Waals surface area contributed by atoms with Gasteiger partial charge in [0.15, 0.2) is 0 Å². The molecule has 0 amide bonds. The number of ketones is 1. The van der Waals surface area contributed by atoms with Gasteiger partial charge in [-0.3, -0.25) is 4.79 Å². The first-order valence-corrected chi connectivity index (χ1v) is 6.74. The second kappa shape index (κ2) is 5.21. The molecule has 5 heteroatoms. The molecule has 17 heavy (non-hydrogen) atoms. The van der Waals surface area contributed by atoms with Crippen molar-refractivity contribution in [3.05, 3.63) is 49.6 Å². The maximum absolute atomic E-state index is 12.2. The Morgan fingerprint density at radius 2 is 2.12 bits per heavy atom. The van der Waals surface area contributed by atoms with E-state index >= 15 is 0 Å². The molecule has 0 aliphatic rings. The van der Waals surface area contributed by atoms with Crippen LogP contribution in [0, 0.1) is 0 Å². The van der Waals surface area contributed by atoms with Gasteiger partial charge in [-0.1, -0.05) is 11.6 Å². The van der Waals surface area contributed by atoms with Gasteiger partial charge in [0, 0.05) is 5.02 Å². The van der Waals surface area contributed by atoms with Crippen molar-refractivity contribution in [2.75, 3.05) is 7.11 Å². The third-order valence-corrected chi connectivity index (χ3v) is 4.06. The molecule has 0 N–H and O–H groups in total. The minimum Gasteiger partial charge on any atom is -0.496 e.